The highest BCUT2D eigenvalue weighted by molar-refractivity contribution is 4.96. The van der Waals surface area contributed by atoms with Gasteiger partial charge in [-0.15, -0.1) is 0 Å². The van der Waals surface area contributed by atoms with Crippen LogP contribution in [0.25, 0.3) is 0 Å². The molecule has 0 heterocycles. The van der Waals surface area contributed by atoms with Gasteiger partial charge >= 0.3 is 0 Å². The normalized spacial score (nSPS) is 25.4. The second-order valence-corrected chi connectivity index (χ2v) is 7.28. The van der Waals surface area contributed by atoms with Crippen molar-refractivity contribution in [2.75, 3.05) is 20.1 Å². The molecule has 0 bridgehead atoms. The average Bonchev–Trinajstić information content (AvgIpc) is 3.32. The highest BCUT2D eigenvalue weighted by Crippen LogP contribution is 2.44. The van der Waals surface area contributed by atoms with E-state index in [0.29, 0.717) is 0 Å². The van der Waals surface area contributed by atoms with Gasteiger partial charge in [-0.2, -0.15) is 0 Å². The molecule has 2 heteroatoms. The van der Waals surface area contributed by atoms with E-state index in [1.807, 2.05) is 0 Å². The van der Waals surface area contributed by atoms with Crippen LogP contribution < -0.4 is 5.32 Å². The van der Waals surface area contributed by atoms with Crippen molar-refractivity contribution in [3.63, 3.8) is 0 Å². The number of nitrogens with one attached hydrogen (secondary N) is 1. The smallest absolute Gasteiger partial charge is 0.0124 e. The fourth-order valence-electron chi connectivity index (χ4n) is 3.93. The molecule has 3 saturated carbocycles. The maximum absolute atomic E-state index is 3.88. The van der Waals surface area contributed by atoms with Crippen molar-refractivity contribution in [1.29, 1.82) is 0 Å². The fraction of sp³-hybridized carbons (Fsp3) is 1.00. The van der Waals surface area contributed by atoms with E-state index in [1.165, 1.54) is 77.3 Å². The van der Waals surface area contributed by atoms with Crippen molar-refractivity contribution in [3.05, 3.63) is 0 Å². The standard InChI is InChI=1S/C17H32N2/c1-19(16-6-3-2-4-7-16)13-5-12-18-17(14-8-9-14)15-10-11-15/h14-18H,2-13H2,1H3. The average molecular weight is 264 g/mol. The van der Waals surface area contributed by atoms with E-state index in [9.17, 15) is 0 Å². The third-order valence-corrected chi connectivity index (χ3v) is 5.53. The molecule has 0 atom stereocenters. The quantitative estimate of drug-likeness (QED) is 0.676. The largest absolute Gasteiger partial charge is 0.313 e. The molecule has 0 aromatic carbocycles. The van der Waals surface area contributed by atoms with Gasteiger partial charge in [0.1, 0.15) is 0 Å². The molecular formula is C17H32N2. The van der Waals surface area contributed by atoms with Crippen LogP contribution in [-0.4, -0.2) is 37.1 Å². The van der Waals surface area contributed by atoms with Crippen LogP contribution in [0.5, 0.6) is 0 Å². The van der Waals surface area contributed by atoms with Crippen molar-refractivity contribution in [2.24, 2.45) is 11.8 Å². The lowest BCUT2D eigenvalue weighted by Crippen LogP contribution is -2.38. The van der Waals surface area contributed by atoms with Crippen LogP contribution in [0.4, 0.5) is 0 Å². The summed E-state index contributed by atoms with van der Waals surface area (Å²) in [4.78, 5) is 2.63. The van der Waals surface area contributed by atoms with Crippen molar-refractivity contribution >= 4 is 0 Å². The van der Waals surface area contributed by atoms with Crippen LogP contribution in [-0.2, 0) is 0 Å². The molecule has 0 spiro atoms. The van der Waals surface area contributed by atoms with E-state index in [2.05, 4.69) is 17.3 Å². The predicted octanol–water partition coefficient (Wildman–Crippen LogP) is 3.42. The summed E-state index contributed by atoms with van der Waals surface area (Å²) in [6.07, 6.45) is 14.6. The zero-order valence-electron chi connectivity index (χ0n) is 12.7. The molecule has 0 aromatic heterocycles. The molecule has 19 heavy (non-hydrogen) atoms. The lowest BCUT2D eigenvalue weighted by atomic mass is 9.94. The third kappa shape index (κ3) is 4.19. The van der Waals surface area contributed by atoms with Crippen LogP contribution in [0.3, 0.4) is 0 Å². The molecule has 3 fully saturated rings. The van der Waals surface area contributed by atoms with Gasteiger partial charge in [0, 0.05) is 12.1 Å². The zero-order chi connectivity index (χ0) is 13.1. The van der Waals surface area contributed by atoms with Crippen LogP contribution in [0, 0.1) is 11.8 Å². The number of hydrogen-bond donors (Lipinski definition) is 1. The Balaban J connectivity index is 1.29. The minimum Gasteiger partial charge on any atom is -0.313 e. The Labute approximate surface area is 119 Å². The molecule has 0 radical (unpaired) electrons. The highest BCUT2D eigenvalue weighted by Gasteiger charge is 2.40. The van der Waals surface area contributed by atoms with Gasteiger partial charge in [0.05, 0.1) is 0 Å². The van der Waals surface area contributed by atoms with Crippen molar-refractivity contribution < 1.29 is 0 Å². The van der Waals surface area contributed by atoms with Crippen LogP contribution in [0.15, 0.2) is 0 Å². The Morgan fingerprint density at radius 3 is 2.16 bits per heavy atom. The molecule has 3 aliphatic carbocycles. The monoisotopic (exact) mass is 264 g/mol. The fourth-order valence-corrected chi connectivity index (χ4v) is 3.93. The van der Waals surface area contributed by atoms with E-state index < -0.39 is 0 Å². The third-order valence-electron chi connectivity index (χ3n) is 5.53. The molecule has 3 rings (SSSR count). The first-order chi connectivity index (χ1) is 9.34. The zero-order valence-corrected chi connectivity index (χ0v) is 12.7. The van der Waals surface area contributed by atoms with Crippen LogP contribution in [0.2, 0.25) is 0 Å². The Hall–Kier alpha value is -0.0800. The summed E-state index contributed by atoms with van der Waals surface area (Å²) in [5.74, 6) is 2.09. The molecule has 0 saturated heterocycles. The second kappa shape index (κ2) is 6.58. The van der Waals surface area contributed by atoms with Gasteiger partial charge in [-0.1, -0.05) is 19.3 Å². The lowest BCUT2D eigenvalue weighted by molar-refractivity contribution is 0.188. The molecule has 110 valence electrons. The minimum atomic E-state index is 0.886. The second-order valence-electron chi connectivity index (χ2n) is 7.28. The van der Waals surface area contributed by atoms with Gasteiger partial charge in [0.15, 0.2) is 0 Å². The highest BCUT2D eigenvalue weighted by atomic mass is 15.1. The Morgan fingerprint density at radius 1 is 0.947 bits per heavy atom. The lowest BCUT2D eigenvalue weighted by Gasteiger charge is -2.31. The van der Waals surface area contributed by atoms with Gasteiger partial charge in [0.25, 0.3) is 0 Å². The van der Waals surface area contributed by atoms with E-state index in [1.54, 1.807) is 0 Å². The minimum absolute atomic E-state index is 0.886. The maximum atomic E-state index is 3.88. The summed E-state index contributed by atoms with van der Waals surface area (Å²) in [5, 5.41) is 3.88. The predicted molar refractivity (Wildman–Crippen MR) is 81.4 cm³/mol. The van der Waals surface area contributed by atoms with Crippen LogP contribution >= 0.6 is 0 Å². The Kier molecular flexibility index (Phi) is 4.81. The van der Waals surface area contributed by atoms with Crippen molar-refractivity contribution in [2.45, 2.75) is 76.3 Å². The van der Waals surface area contributed by atoms with Gasteiger partial charge in [-0.05, 0) is 76.9 Å². The van der Waals surface area contributed by atoms with E-state index >= 15 is 0 Å². The van der Waals surface area contributed by atoms with Gasteiger partial charge in [-0.25, -0.2) is 0 Å². The molecule has 0 aromatic rings. The van der Waals surface area contributed by atoms with Crippen molar-refractivity contribution in [3.8, 4) is 0 Å². The molecular weight excluding hydrogens is 232 g/mol. The molecule has 0 aliphatic heterocycles. The van der Waals surface area contributed by atoms with Crippen LogP contribution in [0.1, 0.15) is 64.2 Å². The summed E-state index contributed by atoms with van der Waals surface area (Å²) < 4.78 is 0. The molecule has 2 nitrogen and oxygen atoms in total. The van der Waals surface area contributed by atoms with E-state index in [0.717, 1.165) is 23.9 Å². The van der Waals surface area contributed by atoms with E-state index in [4.69, 9.17) is 0 Å². The maximum Gasteiger partial charge on any atom is 0.0124 e. The number of rotatable bonds is 8. The van der Waals surface area contributed by atoms with Gasteiger partial charge in [-0.3, -0.25) is 0 Å². The number of hydrogen-bond acceptors (Lipinski definition) is 2. The number of nitrogens with zero attached hydrogens (tertiary/aromatic N) is 1. The van der Waals surface area contributed by atoms with Crippen molar-refractivity contribution in [1.82, 2.24) is 10.2 Å². The van der Waals surface area contributed by atoms with Gasteiger partial charge in [0.2, 0.25) is 0 Å². The molecule has 0 unspecified atom stereocenters. The topological polar surface area (TPSA) is 15.3 Å². The summed E-state index contributed by atoms with van der Waals surface area (Å²) in [7, 11) is 2.34. The summed E-state index contributed by atoms with van der Waals surface area (Å²) >= 11 is 0. The first kappa shape index (κ1) is 13.9. The van der Waals surface area contributed by atoms with Gasteiger partial charge < -0.3 is 10.2 Å². The molecule has 3 aliphatic rings. The Morgan fingerprint density at radius 2 is 1.58 bits per heavy atom. The Bertz CT molecular complexity index is 252. The summed E-state index contributed by atoms with van der Waals surface area (Å²) in [6.45, 7) is 2.54. The SMILES string of the molecule is CN(CCCNC(C1CC1)C1CC1)C1CCCCC1. The molecule has 0 amide bonds. The van der Waals surface area contributed by atoms with E-state index in [-0.39, 0.29) is 0 Å². The first-order valence-electron chi connectivity index (χ1n) is 8.78. The summed E-state index contributed by atoms with van der Waals surface area (Å²) in [5.41, 5.74) is 0. The summed E-state index contributed by atoms with van der Waals surface area (Å²) in [6, 6.07) is 1.77. The molecule has 1 N–H and O–H groups in total. The first-order valence-corrected chi connectivity index (χ1v) is 8.78.